The van der Waals surface area contributed by atoms with Crippen LogP contribution in [-0.2, 0) is 25.4 Å². The van der Waals surface area contributed by atoms with Crippen LogP contribution >= 0.6 is 11.3 Å². The largest absolute Gasteiger partial charge is 0.496 e. The number of amides is 1. The number of rotatable bonds is 5. The highest BCUT2D eigenvalue weighted by atomic mass is 32.1. The molecule has 0 saturated carbocycles. The summed E-state index contributed by atoms with van der Waals surface area (Å²) in [7, 11) is 4.50. The molecule has 0 aliphatic rings. The van der Waals surface area contributed by atoms with Crippen LogP contribution in [0.4, 0.5) is 5.13 Å². The molecule has 0 saturated heterocycles. The number of hydrogen-bond donors (Lipinski definition) is 1. The van der Waals surface area contributed by atoms with Crippen molar-refractivity contribution in [2.45, 2.75) is 6.54 Å². The highest BCUT2D eigenvalue weighted by molar-refractivity contribution is 7.14. The molecule has 0 fully saturated rings. The summed E-state index contributed by atoms with van der Waals surface area (Å²) in [6.07, 6.45) is 1.37. The summed E-state index contributed by atoms with van der Waals surface area (Å²) in [5.41, 5.74) is 0.929. The Hall–Kier alpha value is -3.73. The van der Waals surface area contributed by atoms with Gasteiger partial charge in [-0.2, -0.15) is 0 Å². The number of para-hydroxylation sites is 1. The zero-order chi connectivity index (χ0) is 21.4. The Morgan fingerprint density at radius 1 is 1.20 bits per heavy atom. The van der Waals surface area contributed by atoms with Gasteiger partial charge in [-0.15, -0.1) is 11.3 Å². The van der Waals surface area contributed by atoms with Crippen LogP contribution in [0.5, 0.6) is 5.75 Å². The number of nitrogens with zero attached hydrogens (tertiary/aromatic N) is 5. The number of carbonyl (C=O) groups is 1. The predicted octanol–water partition coefficient (Wildman–Crippen LogP) is 1.20. The molecule has 30 heavy (non-hydrogen) atoms. The van der Waals surface area contributed by atoms with Gasteiger partial charge in [0.25, 0.3) is 5.56 Å². The number of thiazole rings is 1. The molecule has 3 aromatic heterocycles. The van der Waals surface area contributed by atoms with Gasteiger partial charge in [-0.05, 0) is 12.1 Å². The first-order valence-corrected chi connectivity index (χ1v) is 9.78. The topological polar surface area (TPSA) is 113 Å². The number of hydrogen-bond acceptors (Lipinski definition) is 7. The third kappa shape index (κ3) is 3.28. The van der Waals surface area contributed by atoms with E-state index < -0.39 is 11.2 Å². The lowest BCUT2D eigenvalue weighted by atomic mass is 10.1. The Morgan fingerprint density at radius 2 is 1.97 bits per heavy atom. The highest BCUT2D eigenvalue weighted by Crippen LogP contribution is 2.31. The van der Waals surface area contributed by atoms with E-state index in [9.17, 15) is 14.4 Å². The van der Waals surface area contributed by atoms with Crippen LogP contribution in [0.2, 0.25) is 0 Å². The fraction of sp³-hybridized carbons (Fsp3) is 0.211. The first-order chi connectivity index (χ1) is 14.4. The van der Waals surface area contributed by atoms with E-state index in [2.05, 4.69) is 15.3 Å². The maximum absolute atomic E-state index is 12.5. The first kappa shape index (κ1) is 19.6. The van der Waals surface area contributed by atoms with Gasteiger partial charge in [-0.3, -0.25) is 18.7 Å². The van der Waals surface area contributed by atoms with Crippen LogP contribution in [0.25, 0.3) is 22.4 Å². The van der Waals surface area contributed by atoms with Gasteiger partial charge in [-0.1, -0.05) is 12.1 Å². The van der Waals surface area contributed by atoms with E-state index in [1.54, 1.807) is 7.11 Å². The number of carbonyl (C=O) groups excluding carboxylic acids is 1. The number of ether oxygens (including phenoxy) is 1. The van der Waals surface area contributed by atoms with E-state index in [1.165, 1.54) is 40.9 Å². The summed E-state index contributed by atoms with van der Waals surface area (Å²) < 4.78 is 9.02. The first-order valence-electron chi connectivity index (χ1n) is 8.90. The standard InChI is InChI=1S/C19H18N6O4S/c1-23-16-15(17(27)24(2)19(23)28)25(10-20-16)8-14(26)22-18-21-12(9-30-18)11-6-4-5-7-13(11)29-3/h4-7,9-10H,8H2,1-3H3,(H,21,22,26). The van der Waals surface area contributed by atoms with Gasteiger partial charge in [0.2, 0.25) is 5.91 Å². The lowest BCUT2D eigenvalue weighted by Crippen LogP contribution is -2.37. The van der Waals surface area contributed by atoms with Crippen molar-refractivity contribution in [1.29, 1.82) is 0 Å². The van der Waals surface area contributed by atoms with Gasteiger partial charge < -0.3 is 14.6 Å². The van der Waals surface area contributed by atoms with Gasteiger partial charge in [0.1, 0.15) is 12.3 Å². The number of imidazole rings is 1. The molecule has 0 radical (unpaired) electrons. The average Bonchev–Trinajstić information content (AvgIpc) is 3.38. The van der Waals surface area contributed by atoms with E-state index in [4.69, 9.17) is 4.74 Å². The number of fused-ring (bicyclic) bond motifs is 1. The molecule has 4 aromatic rings. The Kier molecular flexibility index (Phi) is 4.96. The Balaban J connectivity index is 1.58. The number of benzene rings is 1. The lowest BCUT2D eigenvalue weighted by molar-refractivity contribution is -0.116. The third-order valence-electron chi connectivity index (χ3n) is 4.66. The van der Waals surface area contributed by atoms with Gasteiger partial charge in [0, 0.05) is 25.0 Å². The molecule has 0 aliphatic carbocycles. The number of methoxy groups -OCH3 is 1. The zero-order valence-corrected chi connectivity index (χ0v) is 17.3. The van der Waals surface area contributed by atoms with Gasteiger partial charge in [-0.25, -0.2) is 14.8 Å². The molecule has 154 valence electrons. The molecule has 0 atom stereocenters. The summed E-state index contributed by atoms with van der Waals surface area (Å²) in [4.78, 5) is 45.6. The summed E-state index contributed by atoms with van der Waals surface area (Å²) in [6, 6.07) is 7.47. The Morgan fingerprint density at radius 3 is 2.73 bits per heavy atom. The van der Waals surface area contributed by atoms with Crippen LogP contribution in [0.15, 0.2) is 45.6 Å². The molecule has 0 aliphatic heterocycles. The van der Waals surface area contributed by atoms with Crippen molar-refractivity contribution in [3.05, 3.63) is 56.8 Å². The van der Waals surface area contributed by atoms with Crippen LogP contribution in [0, 0.1) is 0 Å². The second-order valence-corrected chi connectivity index (χ2v) is 7.39. The van der Waals surface area contributed by atoms with Crippen LogP contribution in [0.1, 0.15) is 0 Å². The summed E-state index contributed by atoms with van der Waals surface area (Å²) in [5, 5.41) is 4.98. The van der Waals surface area contributed by atoms with Crippen molar-refractivity contribution in [3.63, 3.8) is 0 Å². The molecular weight excluding hydrogens is 408 g/mol. The minimum absolute atomic E-state index is 0.145. The SMILES string of the molecule is COc1ccccc1-c1csc(NC(=O)Cn2cnc3c2c(=O)n(C)c(=O)n3C)n1. The van der Waals surface area contributed by atoms with Crippen LogP contribution < -0.4 is 21.3 Å². The molecule has 0 unspecified atom stereocenters. The maximum atomic E-state index is 12.5. The quantitative estimate of drug-likeness (QED) is 0.513. The third-order valence-corrected chi connectivity index (χ3v) is 5.42. The molecule has 10 nitrogen and oxygen atoms in total. The summed E-state index contributed by atoms with van der Waals surface area (Å²) >= 11 is 1.28. The van der Waals surface area contributed by atoms with Crippen molar-refractivity contribution >= 4 is 33.5 Å². The van der Waals surface area contributed by atoms with Crippen molar-refractivity contribution in [2.24, 2.45) is 14.1 Å². The van der Waals surface area contributed by atoms with Crippen molar-refractivity contribution < 1.29 is 9.53 Å². The van der Waals surface area contributed by atoms with Gasteiger partial charge >= 0.3 is 5.69 Å². The van der Waals surface area contributed by atoms with E-state index >= 15 is 0 Å². The minimum Gasteiger partial charge on any atom is -0.496 e. The number of aryl methyl sites for hydroxylation is 1. The predicted molar refractivity (Wildman–Crippen MR) is 113 cm³/mol. The molecule has 3 heterocycles. The van der Waals surface area contributed by atoms with E-state index in [0.717, 1.165) is 10.1 Å². The minimum atomic E-state index is -0.508. The van der Waals surface area contributed by atoms with Gasteiger partial charge in [0.15, 0.2) is 16.3 Å². The molecule has 1 aromatic carbocycles. The maximum Gasteiger partial charge on any atom is 0.332 e. The zero-order valence-electron chi connectivity index (χ0n) is 16.4. The van der Waals surface area contributed by atoms with Crippen molar-refractivity contribution in [2.75, 3.05) is 12.4 Å². The number of aromatic nitrogens is 5. The highest BCUT2D eigenvalue weighted by Gasteiger charge is 2.17. The second-order valence-electron chi connectivity index (χ2n) is 6.54. The molecule has 4 rings (SSSR count). The molecular formula is C19H18N6O4S. The van der Waals surface area contributed by atoms with Gasteiger partial charge in [0.05, 0.1) is 19.1 Å². The second kappa shape index (κ2) is 7.59. The molecule has 0 bridgehead atoms. The fourth-order valence-corrected chi connectivity index (χ4v) is 3.87. The summed E-state index contributed by atoms with van der Waals surface area (Å²) in [6.45, 7) is -0.145. The molecule has 11 heteroatoms. The number of anilines is 1. The van der Waals surface area contributed by atoms with Crippen LogP contribution in [0.3, 0.4) is 0 Å². The van der Waals surface area contributed by atoms with Crippen LogP contribution in [-0.4, -0.2) is 36.7 Å². The molecule has 1 N–H and O–H groups in total. The lowest BCUT2D eigenvalue weighted by Gasteiger charge is -2.07. The fourth-order valence-electron chi connectivity index (χ4n) is 3.14. The summed E-state index contributed by atoms with van der Waals surface area (Å²) in [5.74, 6) is 0.318. The Labute approximate surface area is 174 Å². The molecule has 1 amide bonds. The normalized spacial score (nSPS) is 11.0. The van der Waals surface area contributed by atoms with E-state index in [-0.39, 0.29) is 23.6 Å². The van der Waals surface area contributed by atoms with Crippen molar-refractivity contribution in [3.8, 4) is 17.0 Å². The Bertz CT molecular complexity index is 1380. The molecule has 0 spiro atoms. The monoisotopic (exact) mass is 426 g/mol. The van der Waals surface area contributed by atoms with Crippen molar-refractivity contribution in [1.82, 2.24) is 23.7 Å². The van der Waals surface area contributed by atoms with E-state index in [0.29, 0.717) is 16.6 Å². The van der Waals surface area contributed by atoms with E-state index in [1.807, 2.05) is 29.6 Å². The average molecular weight is 426 g/mol. The smallest absolute Gasteiger partial charge is 0.332 e. The number of nitrogens with one attached hydrogen (secondary N) is 1.